The van der Waals surface area contributed by atoms with Crippen LogP contribution in [-0.2, 0) is 9.59 Å². The fourth-order valence-electron chi connectivity index (χ4n) is 4.64. The molecular weight excluding hydrogens is 328 g/mol. The maximum Gasteiger partial charge on any atom is 0.237 e. The summed E-state index contributed by atoms with van der Waals surface area (Å²) in [4.78, 5) is 26.8. The highest BCUT2D eigenvalue weighted by atomic mass is 16.2. The predicted octanol–water partition coefficient (Wildman–Crippen LogP) is 1.41. The molecule has 3 rings (SSSR count). The van der Waals surface area contributed by atoms with Crippen molar-refractivity contribution in [3.05, 3.63) is 0 Å². The second-order valence-corrected chi connectivity index (χ2v) is 8.39. The summed E-state index contributed by atoms with van der Waals surface area (Å²) in [5.41, 5.74) is 0. The van der Waals surface area contributed by atoms with Crippen LogP contribution in [0.1, 0.15) is 64.2 Å². The molecule has 0 aromatic rings. The number of carbonyl (C=O) groups is 2. The molecular formula is C20H36N4O2. The zero-order valence-corrected chi connectivity index (χ0v) is 16.1. The van der Waals surface area contributed by atoms with Gasteiger partial charge in [-0.3, -0.25) is 14.5 Å². The Labute approximate surface area is 157 Å². The first-order valence-corrected chi connectivity index (χ1v) is 10.7. The fraction of sp³-hybridized carbons (Fsp3) is 0.900. The minimum atomic E-state index is 0.0000429. The van der Waals surface area contributed by atoms with E-state index in [1.807, 2.05) is 0 Å². The third-order valence-electron chi connectivity index (χ3n) is 6.13. The lowest BCUT2D eigenvalue weighted by atomic mass is 9.97. The number of nitrogens with zero attached hydrogens (tertiary/aromatic N) is 1. The molecule has 0 spiro atoms. The Balaban J connectivity index is 1.35. The maximum atomic E-state index is 12.4. The van der Waals surface area contributed by atoms with Gasteiger partial charge in [-0.05, 0) is 57.5 Å². The van der Waals surface area contributed by atoms with E-state index in [9.17, 15) is 9.59 Å². The largest absolute Gasteiger partial charge is 0.354 e. The van der Waals surface area contributed by atoms with Gasteiger partial charge in [0.25, 0.3) is 0 Å². The average molecular weight is 365 g/mol. The number of piperidine rings is 1. The van der Waals surface area contributed by atoms with Gasteiger partial charge in [0.2, 0.25) is 11.8 Å². The van der Waals surface area contributed by atoms with E-state index >= 15 is 0 Å². The van der Waals surface area contributed by atoms with Crippen LogP contribution in [0.2, 0.25) is 0 Å². The zero-order chi connectivity index (χ0) is 18.2. The van der Waals surface area contributed by atoms with E-state index in [1.54, 1.807) is 0 Å². The number of likely N-dealkylation sites (tertiary alicyclic amines) is 1. The Kier molecular flexibility index (Phi) is 7.74. The molecule has 1 aliphatic carbocycles. The van der Waals surface area contributed by atoms with Gasteiger partial charge in [-0.25, -0.2) is 0 Å². The molecule has 2 atom stereocenters. The van der Waals surface area contributed by atoms with Crippen molar-refractivity contribution in [3.63, 3.8) is 0 Å². The first-order valence-electron chi connectivity index (χ1n) is 10.7. The van der Waals surface area contributed by atoms with E-state index in [4.69, 9.17) is 0 Å². The molecule has 6 heteroatoms. The van der Waals surface area contributed by atoms with Crippen LogP contribution in [0.4, 0.5) is 0 Å². The van der Waals surface area contributed by atoms with Gasteiger partial charge in [-0.2, -0.15) is 0 Å². The third-order valence-corrected chi connectivity index (χ3v) is 6.13. The molecule has 2 unspecified atom stereocenters. The number of nitrogens with one attached hydrogen (secondary N) is 3. The van der Waals surface area contributed by atoms with E-state index in [2.05, 4.69) is 20.9 Å². The van der Waals surface area contributed by atoms with E-state index in [0.717, 1.165) is 64.7 Å². The highest BCUT2D eigenvalue weighted by molar-refractivity contribution is 5.82. The van der Waals surface area contributed by atoms with Gasteiger partial charge in [0.15, 0.2) is 0 Å². The van der Waals surface area contributed by atoms with Crippen LogP contribution < -0.4 is 16.0 Å². The Morgan fingerprint density at radius 3 is 2.50 bits per heavy atom. The van der Waals surface area contributed by atoms with Gasteiger partial charge in [0, 0.05) is 19.1 Å². The summed E-state index contributed by atoms with van der Waals surface area (Å²) >= 11 is 0. The lowest BCUT2D eigenvalue weighted by Crippen LogP contribution is -2.48. The Hall–Kier alpha value is -1.14. The van der Waals surface area contributed by atoms with Crippen molar-refractivity contribution in [1.29, 1.82) is 0 Å². The summed E-state index contributed by atoms with van der Waals surface area (Å²) in [5.74, 6) is 0.780. The van der Waals surface area contributed by atoms with Gasteiger partial charge < -0.3 is 16.0 Å². The molecule has 0 aromatic heterocycles. The first kappa shape index (κ1) is 19.6. The van der Waals surface area contributed by atoms with Crippen LogP contribution in [0.3, 0.4) is 0 Å². The molecule has 1 saturated carbocycles. The Morgan fingerprint density at radius 1 is 0.962 bits per heavy atom. The van der Waals surface area contributed by atoms with E-state index in [0.29, 0.717) is 18.5 Å². The van der Waals surface area contributed by atoms with Crippen LogP contribution in [0.25, 0.3) is 0 Å². The van der Waals surface area contributed by atoms with Gasteiger partial charge >= 0.3 is 0 Å². The summed E-state index contributed by atoms with van der Waals surface area (Å²) in [6, 6.07) is 0.379. The van der Waals surface area contributed by atoms with Crippen molar-refractivity contribution in [2.45, 2.75) is 76.3 Å². The molecule has 3 fully saturated rings. The van der Waals surface area contributed by atoms with Crippen molar-refractivity contribution >= 4 is 11.8 Å². The van der Waals surface area contributed by atoms with Gasteiger partial charge in [0.1, 0.15) is 0 Å². The lowest BCUT2D eigenvalue weighted by molar-refractivity contribution is -0.124. The number of carbonyl (C=O) groups excluding carboxylic acids is 2. The molecule has 26 heavy (non-hydrogen) atoms. The van der Waals surface area contributed by atoms with Crippen molar-refractivity contribution in [3.8, 4) is 0 Å². The second kappa shape index (κ2) is 10.3. The quantitative estimate of drug-likeness (QED) is 0.623. The molecule has 3 N–H and O–H groups in total. The predicted molar refractivity (Wildman–Crippen MR) is 103 cm³/mol. The molecule has 2 heterocycles. The first-order chi connectivity index (χ1) is 12.7. The second-order valence-electron chi connectivity index (χ2n) is 8.39. The Morgan fingerprint density at radius 2 is 1.77 bits per heavy atom. The highest BCUT2D eigenvalue weighted by Gasteiger charge is 2.25. The van der Waals surface area contributed by atoms with Crippen molar-refractivity contribution < 1.29 is 9.59 Å². The summed E-state index contributed by atoms with van der Waals surface area (Å²) in [6.45, 7) is 4.09. The molecule has 2 aliphatic heterocycles. The maximum absolute atomic E-state index is 12.4. The normalized spacial score (nSPS) is 28.5. The number of amides is 2. The van der Waals surface area contributed by atoms with Crippen LogP contribution >= 0.6 is 0 Å². The average Bonchev–Trinajstić information content (AvgIpc) is 3.06. The molecule has 0 bridgehead atoms. The minimum absolute atomic E-state index is 0.0000429. The van der Waals surface area contributed by atoms with E-state index in [-0.39, 0.29) is 17.9 Å². The SMILES string of the molecule is O=C(CN1CCCC(CNC(=O)C2CCCN2)C1)NC1CCCCCC1. The fourth-order valence-corrected chi connectivity index (χ4v) is 4.64. The summed E-state index contributed by atoms with van der Waals surface area (Å²) in [7, 11) is 0. The molecule has 2 amide bonds. The molecule has 0 radical (unpaired) electrons. The van der Waals surface area contributed by atoms with Crippen LogP contribution in [-0.4, -0.2) is 61.5 Å². The van der Waals surface area contributed by atoms with Gasteiger partial charge in [0.05, 0.1) is 12.6 Å². The van der Waals surface area contributed by atoms with Crippen LogP contribution in [0.5, 0.6) is 0 Å². The molecule has 148 valence electrons. The van der Waals surface area contributed by atoms with E-state index in [1.165, 1.54) is 25.7 Å². The van der Waals surface area contributed by atoms with E-state index < -0.39 is 0 Å². The lowest BCUT2D eigenvalue weighted by Gasteiger charge is -2.33. The molecule has 2 saturated heterocycles. The van der Waals surface area contributed by atoms with Crippen LogP contribution in [0.15, 0.2) is 0 Å². The number of hydrogen-bond donors (Lipinski definition) is 3. The summed E-state index contributed by atoms with van der Waals surface area (Å²) < 4.78 is 0. The van der Waals surface area contributed by atoms with Crippen LogP contribution in [0, 0.1) is 5.92 Å². The third kappa shape index (κ3) is 6.23. The molecule has 6 nitrogen and oxygen atoms in total. The molecule has 3 aliphatic rings. The topological polar surface area (TPSA) is 73.5 Å². The smallest absolute Gasteiger partial charge is 0.237 e. The zero-order valence-electron chi connectivity index (χ0n) is 16.1. The number of rotatable bonds is 6. The highest BCUT2D eigenvalue weighted by Crippen LogP contribution is 2.18. The summed E-state index contributed by atoms with van der Waals surface area (Å²) in [5, 5.41) is 9.61. The number of hydrogen-bond acceptors (Lipinski definition) is 4. The summed E-state index contributed by atoms with van der Waals surface area (Å²) in [6.07, 6.45) is 11.7. The molecule has 0 aromatic carbocycles. The van der Waals surface area contributed by atoms with Crippen molar-refractivity contribution in [2.24, 2.45) is 5.92 Å². The van der Waals surface area contributed by atoms with Crippen molar-refractivity contribution in [1.82, 2.24) is 20.9 Å². The van der Waals surface area contributed by atoms with Gasteiger partial charge in [-0.1, -0.05) is 25.7 Å². The monoisotopic (exact) mass is 364 g/mol. The standard InChI is InChI=1S/C20H36N4O2/c25-19(23-17-8-3-1-2-4-9-17)15-24-12-6-7-16(14-24)13-22-20(26)18-10-5-11-21-18/h16-18,21H,1-15H2,(H,22,26)(H,23,25). The van der Waals surface area contributed by atoms with Gasteiger partial charge in [-0.15, -0.1) is 0 Å². The van der Waals surface area contributed by atoms with Crippen molar-refractivity contribution in [2.75, 3.05) is 32.7 Å². The minimum Gasteiger partial charge on any atom is -0.354 e. The Bertz CT molecular complexity index is 457.